The van der Waals surface area contributed by atoms with Gasteiger partial charge in [-0.1, -0.05) is 0 Å². The fourth-order valence-electron chi connectivity index (χ4n) is 6.30. The maximum atomic E-state index is 14.1. The highest BCUT2D eigenvalue weighted by atomic mass is 19.3. The molecular formula is C22H37F2N3O3. The third kappa shape index (κ3) is 4.32. The number of carbonyl (C=O) groups is 1. The molecule has 0 radical (unpaired) electrons. The molecule has 8 heteroatoms. The summed E-state index contributed by atoms with van der Waals surface area (Å²) in [6.45, 7) is 8.75. The van der Waals surface area contributed by atoms with Crippen LogP contribution in [-0.2, 0) is 4.74 Å². The van der Waals surface area contributed by atoms with Crippen molar-refractivity contribution in [2.75, 3.05) is 39.3 Å². The lowest BCUT2D eigenvalue weighted by molar-refractivity contribution is -0.0452. The summed E-state index contributed by atoms with van der Waals surface area (Å²) >= 11 is 0. The van der Waals surface area contributed by atoms with E-state index in [1.807, 2.05) is 16.7 Å². The van der Waals surface area contributed by atoms with Crippen molar-refractivity contribution in [2.45, 2.75) is 88.9 Å². The molecule has 3 heterocycles. The Labute approximate surface area is 178 Å². The average Bonchev–Trinajstić information content (AvgIpc) is 3.22. The molecule has 30 heavy (non-hydrogen) atoms. The van der Waals surface area contributed by atoms with Crippen LogP contribution < -0.4 is 0 Å². The molecule has 0 aromatic heterocycles. The van der Waals surface area contributed by atoms with Crippen molar-refractivity contribution in [3.05, 3.63) is 0 Å². The highest BCUT2D eigenvalue weighted by Gasteiger charge is 2.54. The van der Waals surface area contributed by atoms with Crippen LogP contribution in [-0.4, -0.2) is 94.9 Å². The van der Waals surface area contributed by atoms with E-state index in [0.29, 0.717) is 12.6 Å². The fourth-order valence-corrected chi connectivity index (χ4v) is 6.30. The Balaban J connectivity index is 1.27. The van der Waals surface area contributed by atoms with Crippen LogP contribution in [0.15, 0.2) is 0 Å². The van der Waals surface area contributed by atoms with Crippen LogP contribution in [0.1, 0.15) is 59.3 Å². The summed E-state index contributed by atoms with van der Waals surface area (Å²) in [5, 5.41) is 10.4. The van der Waals surface area contributed by atoms with Gasteiger partial charge in [0.05, 0.1) is 18.8 Å². The zero-order chi connectivity index (χ0) is 21.7. The molecule has 0 bridgehead atoms. The molecule has 6 nitrogen and oxygen atoms in total. The molecule has 3 aliphatic heterocycles. The molecule has 1 saturated carbocycles. The first-order valence-electron chi connectivity index (χ1n) is 11.5. The van der Waals surface area contributed by atoms with Gasteiger partial charge in [-0.05, 0) is 71.4 Å². The van der Waals surface area contributed by atoms with Gasteiger partial charge in [0.2, 0.25) is 0 Å². The number of nitrogens with zero attached hydrogens (tertiary/aromatic N) is 3. The highest BCUT2D eigenvalue weighted by molar-refractivity contribution is 5.68. The topological polar surface area (TPSA) is 56.2 Å². The minimum Gasteiger partial charge on any atom is -0.450 e. The monoisotopic (exact) mass is 429 g/mol. The molecule has 0 aromatic carbocycles. The number of likely N-dealkylation sites (tertiary alicyclic amines) is 3. The van der Waals surface area contributed by atoms with E-state index in [2.05, 4.69) is 4.90 Å². The number of alkyl halides is 2. The van der Waals surface area contributed by atoms with Gasteiger partial charge in [0.25, 0.3) is 5.92 Å². The molecule has 4 aliphatic rings. The van der Waals surface area contributed by atoms with Crippen molar-refractivity contribution in [2.24, 2.45) is 5.41 Å². The van der Waals surface area contributed by atoms with Gasteiger partial charge in [-0.3, -0.25) is 4.90 Å². The standard InChI is InChI=1S/C22H37F2N3O3/c1-4-30-19(28)26-10-7-21(14-26)11-17(12-21)25-8-5-16(6-9-25)27-15-22(23,24)13-18(27)20(2,3)29/h16-18,29H,4-15H2,1-3H3/t17?,18-,21?/m1/s1. The second-order valence-corrected chi connectivity index (χ2v) is 10.6. The number of piperidine rings is 1. The molecule has 1 aliphatic carbocycles. The average molecular weight is 430 g/mol. The third-order valence-electron chi connectivity index (χ3n) is 7.91. The maximum absolute atomic E-state index is 14.1. The van der Waals surface area contributed by atoms with E-state index >= 15 is 0 Å². The fraction of sp³-hybridized carbons (Fsp3) is 0.955. The van der Waals surface area contributed by atoms with Gasteiger partial charge < -0.3 is 19.6 Å². The Morgan fingerprint density at radius 1 is 1.10 bits per heavy atom. The van der Waals surface area contributed by atoms with Gasteiger partial charge in [-0.15, -0.1) is 0 Å². The molecular weight excluding hydrogens is 392 g/mol. The lowest BCUT2D eigenvalue weighted by atomic mass is 9.64. The quantitative estimate of drug-likeness (QED) is 0.745. The van der Waals surface area contributed by atoms with E-state index in [0.717, 1.165) is 58.3 Å². The van der Waals surface area contributed by atoms with Crippen LogP contribution in [0.4, 0.5) is 13.6 Å². The van der Waals surface area contributed by atoms with Crippen molar-refractivity contribution < 1.29 is 23.4 Å². The van der Waals surface area contributed by atoms with Crippen molar-refractivity contribution in [1.82, 2.24) is 14.7 Å². The minimum atomic E-state index is -2.71. The van der Waals surface area contributed by atoms with E-state index in [9.17, 15) is 18.7 Å². The van der Waals surface area contributed by atoms with Crippen LogP contribution in [0.5, 0.6) is 0 Å². The van der Waals surface area contributed by atoms with Crippen LogP contribution in [0.3, 0.4) is 0 Å². The van der Waals surface area contributed by atoms with Crippen molar-refractivity contribution >= 4 is 6.09 Å². The molecule has 172 valence electrons. The number of carbonyl (C=O) groups excluding carboxylic acids is 1. The second kappa shape index (κ2) is 7.85. The number of halogens is 2. The summed E-state index contributed by atoms with van der Waals surface area (Å²) in [6, 6.07) is 0.174. The predicted octanol–water partition coefficient (Wildman–Crippen LogP) is 2.94. The van der Waals surface area contributed by atoms with Crippen molar-refractivity contribution in [3.8, 4) is 0 Å². The molecule has 1 amide bonds. The number of hydrogen-bond acceptors (Lipinski definition) is 5. The first-order valence-corrected chi connectivity index (χ1v) is 11.5. The SMILES string of the molecule is CCOC(=O)N1CCC2(CC(N3CCC(N4CC(F)(F)C[C@@H]4C(C)(C)O)CC3)C2)C1. The van der Waals surface area contributed by atoms with Gasteiger partial charge in [0.1, 0.15) is 0 Å². The molecule has 1 spiro atoms. The first-order chi connectivity index (χ1) is 14.0. The van der Waals surface area contributed by atoms with Gasteiger partial charge in [0, 0.05) is 37.6 Å². The Bertz CT molecular complexity index is 640. The highest BCUT2D eigenvalue weighted by Crippen LogP contribution is 2.51. The van der Waals surface area contributed by atoms with E-state index in [-0.39, 0.29) is 30.5 Å². The predicted molar refractivity (Wildman–Crippen MR) is 110 cm³/mol. The van der Waals surface area contributed by atoms with Crippen LogP contribution >= 0.6 is 0 Å². The van der Waals surface area contributed by atoms with Gasteiger partial charge >= 0.3 is 6.09 Å². The number of amides is 1. The number of ether oxygens (including phenoxy) is 1. The summed E-state index contributed by atoms with van der Waals surface area (Å²) in [5.74, 6) is -2.71. The summed E-state index contributed by atoms with van der Waals surface area (Å²) in [7, 11) is 0. The maximum Gasteiger partial charge on any atom is 0.409 e. The zero-order valence-electron chi connectivity index (χ0n) is 18.6. The zero-order valence-corrected chi connectivity index (χ0v) is 18.6. The largest absolute Gasteiger partial charge is 0.450 e. The Morgan fingerprint density at radius 3 is 2.37 bits per heavy atom. The van der Waals surface area contributed by atoms with Gasteiger partial charge in [-0.2, -0.15) is 0 Å². The normalized spacial score (nSPS) is 35.7. The Kier molecular flexibility index (Phi) is 5.81. The van der Waals surface area contributed by atoms with Crippen molar-refractivity contribution in [3.63, 3.8) is 0 Å². The van der Waals surface area contributed by atoms with E-state index in [4.69, 9.17) is 4.74 Å². The molecule has 0 aromatic rings. The molecule has 4 fully saturated rings. The molecule has 0 unspecified atom stereocenters. The summed E-state index contributed by atoms with van der Waals surface area (Å²) in [5.41, 5.74) is -0.873. The lowest BCUT2D eigenvalue weighted by Gasteiger charge is -2.52. The smallest absolute Gasteiger partial charge is 0.409 e. The lowest BCUT2D eigenvalue weighted by Crippen LogP contribution is -2.57. The van der Waals surface area contributed by atoms with Gasteiger partial charge in [0.15, 0.2) is 0 Å². The van der Waals surface area contributed by atoms with Gasteiger partial charge in [-0.25, -0.2) is 13.6 Å². The molecule has 1 atom stereocenters. The third-order valence-corrected chi connectivity index (χ3v) is 7.91. The van der Waals surface area contributed by atoms with E-state index in [1.54, 1.807) is 13.8 Å². The Hall–Kier alpha value is -0.990. The van der Waals surface area contributed by atoms with Crippen molar-refractivity contribution in [1.29, 1.82) is 0 Å². The molecule has 4 rings (SSSR count). The van der Waals surface area contributed by atoms with Crippen LogP contribution in [0.25, 0.3) is 0 Å². The van der Waals surface area contributed by atoms with E-state index in [1.165, 1.54) is 0 Å². The van der Waals surface area contributed by atoms with Crippen LogP contribution in [0.2, 0.25) is 0 Å². The molecule has 1 N–H and O–H groups in total. The van der Waals surface area contributed by atoms with Crippen LogP contribution in [0, 0.1) is 5.41 Å². The minimum absolute atomic E-state index is 0.117. The number of hydrogen-bond donors (Lipinski definition) is 1. The Morgan fingerprint density at radius 2 is 1.77 bits per heavy atom. The first kappa shape index (κ1) is 22.2. The molecule has 3 saturated heterocycles. The summed E-state index contributed by atoms with van der Waals surface area (Å²) in [4.78, 5) is 18.2. The number of aliphatic hydroxyl groups is 1. The summed E-state index contributed by atoms with van der Waals surface area (Å²) in [6.07, 6.45) is 4.58. The van der Waals surface area contributed by atoms with E-state index < -0.39 is 17.6 Å². The summed E-state index contributed by atoms with van der Waals surface area (Å²) < 4.78 is 33.3. The second-order valence-electron chi connectivity index (χ2n) is 10.6. The number of rotatable bonds is 4.